The molecule has 0 spiro atoms. The van der Waals surface area contributed by atoms with Crippen molar-refractivity contribution >= 4 is 29.4 Å². The van der Waals surface area contributed by atoms with Crippen LogP contribution in [-0.4, -0.2) is 59.3 Å². The van der Waals surface area contributed by atoms with Gasteiger partial charge in [0.15, 0.2) is 0 Å². The van der Waals surface area contributed by atoms with Crippen LogP contribution in [-0.2, 0) is 14.4 Å². The number of carbonyl (C=O) groups excluding carboxylic acids is 3. The van der Waals surface area contributed by atoms with Crippen LogP contribution >= 0.6 is 0 Å². The third kappa shape index (κ3) is 4.14. The van der Waals surface area contributed by atoms with E-state index in [9.17, 15) is 14.4 Å². The number of benzene rings is 1. The van der Waals surface area contributed by atoms with Gasteiger partial charge in [0.1, 0.15) is 5.75 Å². The smallest absolute Gasteiger partial charge is 0.229 e. The molecule has 2 N–H and O–H groups in total. The molecule has 0 bridgehead atoms. The summed E-state index contributed by atoms with van der Waals surface area (Å²) in [7, 11) is 1.59. The molecule has 3 amide bonds. The predicted octanol–water partition coefficient (Wildman–Crippen LogP) is 1.65. The summed E-state index contributed by atoms with van der Waals surface area (Å²) in [5.74, 6) is 0.501. The van der Waals surface area contributed by atoms with E-state index in [1.54, 1.807) is 41.4 Å². The Morgan fingerprint density at radius 3 is 2.53 bits per heavy atom. The summed E-state index contributed by atoms with van der Waals surface area (Å²) in [6.07, 6.45) is 4.63. The number of amides is 3. The van der Waals surface area contributed by atoms with Gasteiger partial charge in [0.25, 0.3) is 0 Å². The fraction of sp³-hybridized carbons (Fsp3) is 0.429. The first kappa shape index (κ1) is 19.9. The van der Waals surface area contributed by atoms with E-state index in [4.69, 9.17) is 4.74 Å². The van der Waals surface area contributed by atoms with Crippen molar-refractivity contribution in [1.29, 1.82) is 0 Å². The number of hydrogen-bond donors (Lipinski definition) is 2. The molecule has 9 heteroatoms. The van der Waals surface area contributed by atoms with Crippen LogP contribution in [0.25, 0.3) is 0 Å². The number of carbonyl (C=O) groups is 3. The molecule has 2 aliphatic heterocycles. The van der Waals surface area contributed by atoms with Gasteiger partial charge in [-0.05, 0) is 37.1 Å². The van der Waals surface area contributed by atoms with Crippen LogP contribution in [0.5, 0.6) is 5.75 Å². The van der Waals surface area contributed by atoms with E-state index in [1.165, 1.54) is 0 Å². The van der Waals surface area contributed by atoms with E-state index in [0.717, 1.165) is 11.4 Å². The first-order chi connectivity index (χ1) is 14.5. The first-order valence-electron chi connectivity index (χ1n) is 10.1. The van der Waals surface area contributed by atoms with Crippen molar-refractivity contribution in [2.24, 2.45) is 11.8 Å². The molecule has 0 aliphatic carbocycles. The van der Waals surface area contributed by atoms with Crippen molar-refractivity contribution in [2.75, 3.05) is 37.0 Å². The Labute approximate surface area is 174 Å². The maximum Gasteiger partial charge on any atom is 0.229 e. The lowest BCUT2D eigenvalue weighted by Gasteiger charge is -2.32. The third-order valence-corrected chi connectivity index (χ3v) is 5.78. The second-order valence-corrected chi connectivity index (χ2v) is 7.63. The molecular formula is C21H25N5O4. The molecule has 158 valence electrons. The van der Waals surface area contributed by atoms with E-state index in [0.29, 0.717) is 38.4 Å². The van der Waals surface area contributed by atoms with Crippen LogP contribution < -0.4 is 15.0 Å². The van der Waals surface area contributed by atoms with E-state index >= 15 is 0 Å². The van der Waals surface area contributed by atoms with Gasteiger partial charge in [-0.1, -0.05) is 0 Å². The topological polar surface area (TPSA) is 108 Å². The van der Waals surface area contributed by atoms with E-state index in [-0.39, 0.29) is 36.0 Å². The molecule has 2 aromatic rings. The van der Waals surface area contributed by atoms with Gasteiger partial charge in [0, 0.05) is 50.1 Å². The maximum atomic E-state index is 13.0. The van der Waals surface area contributed by atoms with Gasteiger partial charge in [-0.2, -0.15) is 0 Å². The van der Waals surface area contributed by atoms with Gasteiger partial charge in [0.05, 0.1) is 13.0 Å². The Bertz CT molecular complexity index is 904. The van der Waals surface area contributed by atoms with Gasteiger partial charge >= 0.3 is 0 Å². The van der Waals surface area contributed by atoms with Gasteiger partial charge in [-0.3, -0.25) is 19.7 Å². The molecular weight excluding hydrogens is 386 g/mol. The zero-order valence-electron chi connectivity index (χ0n) is 16.8. The number of imidazole rings is 1. The number of aromatic amines is 1. The minimum absolute atomic E-state index is 0.00995. The molecule has 1 aromatic carbocycles. The zero-order valence-corrected chi connectivity index (χ0v) is 16.8. The molecule has 1 atom stereocenters. The van der Waals surface area contributed by atoms with Gasteiger partial charge in [0.2, 0.25) is 23.7 Å². The summed E-state index contributed by atoms with van der Waals surface area (Å²) in [6.45, 7) is 1.41. The van der Waals surface area contributed by atoms with Crippen molar-refractivity contribution in [3.05, 3.63) is 36.7 Å². The minimum atomic E-state index is -0.354. The van der Waals surface area contributed by atoms with Crippen molar-refractivity contribution in [1.82, 2.24) is 14.9 Å². The van der Waals surface area contributed by atoms with Crippen LogP contribution in [0.2, 0.25) is 0 Å². The Kier molecular flexibility index (Phi) is 5.69. The van der Waals surface area contributed by atoms with Gasteiger partial charge < -0.3 is 19.5 Å². The summed E-state index contributed by atoms with van der Waals surface area (Å²) in [5, 5.41) is 2.76. The summed E-state index contributed by atoms with van der Waals surface area (Å²) < 4.78 is 5.15. The summed E-state index contributed by atoms with van der Waals surface area (Å²) >= 11 is 0. The zero-order chi connectivity index (χ0) is 21.1. The largest absolute Gasteiger partial charge is 0.497 e. The highest BCUT2D eigenvalue weighted by atomic mass is 16.5. The number of methoxy groups -OCH3 is 1. The second-order valence-electron chi connectivity index (χ2n) is 7.63. The van der Waals surface area contributed by atoms with Crippen molar-refractivity contribution in [3.63, 3.8) is 0 Å². The van der Waals surface area contributed by atoms with Gasteiger partial charge in [-0.25, -0.2) is 4.98 Å². The lowest BCUT2D eigenvalue weighted by atomic mass is 9.94. The Morgan fingerprint density at radius 2 is 1.90 bits per heavy atom. The SMILES string of the molecule is COc1ccc(N2CC(C(=O)N3CCC(C(=O)Nc4ncc[nH]4)CC3)CC2=O)cc1. The molecule has 2 saturated heterocycles. The summed E-state index contributed by atoms with van der Waals surface area (Å²) in [4.78, 5) is 48.1. The fourth-order valence-corrected chi connectivity index (χ4v) is 4.06. The second kappa shape index (κ2) is 8.56. The van der Waals surface area contributed by atoms with Crippen LogP contribution in [0.1, 0.15) is 19.3 Å². The van der Waals surface area contributed by atoms with Crippen LogP contribution in [0.4, 0.5) is 11.6 Å². The standard InChI is InChI=1S/C21H25N5O4/c1-30-17-4-2-16(3-5-17)26-13-15(12-18(26)27)20(29)25-10-6-14(7-11-25)19(28)24-21-22-8-9-23-21/h2-5,8-9,14-15H,6-7,10-13H2,1H3,(H2,22,23,24,28). The van der Waals surface area contributed by atoms with Crippen molar-refractivity contribution < 1.29 is 19.1 Å². The molecule has 1 aromatic heterocycles. The quantitative estimate of drug-likeness (QED) is 0.778. The molecule has 0 radical (unpaired) electrons. The number of piperidine rings is 1. The maximum absolute atomic E-state index is 13.0. The van der Waals surface area contributed by atoms with E-state index in [1.807, 2.05) is 12.1 Å². The number of rotatable bonds is 5. The highest BCUT2D eigenvalue weighted by Crippen LogP contribution is 2.29. The number of aromatic nitrogens is 2. The molecule has 4 rings (SSSR count). The number of likely N-dealkylation sites (tertiary alicyclic amines) is 1. The normalized spacial score (nSPS) is 19.8. The van der Waals surface area contributed by atoms with Crippen LogP contribution in [0.15, 0.2) is 36.7 Å². The minimum Gasteiger partial charge on any atom is -0.497 e. The molecule has 1 unspecified atom stereocenters. The number of H-pyrrole nitrogens is 1. The van der Waals surface area contributed by atoms with E-state index in [2.05, 4.69) is 15.3 Å². The number of ether oxygens (including phenoxy) is 1. The number of nitrogens with one attached hydrogen (secondary N) is 2. The van der Waals surface area contributed by atoms with Crippen LogP contribution in [0, 0.1) is 11.8 Å². The van der Waals surface area contributed by atoms with E-state index < -0.39 is 0 Å². The predicted molar refractivity (Wildman–Crippen MR) is 110 cm³/mol. The average Bonchev–Trinajstić information content (AvgIpc) is 3.43. The third-order valence-electron chi connectivity index (χ3n) is 5.78. The summed E-state index contributed by atoms with van der Waals surface area (Å²) in [6, 6.07) is 7.26. The lowest BCUT2D eigenvalue weighted by molar-refractivity contribution is -0.138. The fourth-order valence-electron chi connectivity index (χ4n) is 4.06. The van der Waals surface area contributed by atoms with Crippen LogP contribution in [0.3, 0.4) is 0 Å². The molecule has 2 fully saturated rings. The molecule has 9 nitrogen and oxygen atoms in total. The van der Waals surface area contributed by atoms with Crippen molar-refractivity contribution in [2.45, 2.75) is 19.3 Å². The Balaban J connectivity index is 1.31. The number of anilines is 2. The Morgan fingerprint density at radius 1 is 1.17 bits per heavy atom. The monoisotopic (exact) mass is 411 g/mol. The molecule has 0 saturated carbocycles. The first-order valence-corrected chi connectivity index (χ1v) is 10.1. The van der Waals surface area contributed by atoms with Gasteiger partial charge in [-0.15, -0.1) is 0 Å². The summed E-state index contributed by atoms with van der Waals surface area (Å²) in [5.41, 5.74) is 0.768. The average molecular weight is 411 g/mol. The lowest BCUT2D eigenvalue weighted by Crippen LogP contribution is -2.44. The molecule has 30 heavy (non-hydrogen) atoms. The highest BCUT2D eigenvalue weighted by Gasteiger charge is 2.38. The van der Waals surface area contributed by atoms with Crippen molar-refractivity contribution in [3.8, 4) is 5.75 Å². The number of hydrogen-bond acceptors (Lipinski definition) is 5. The molecule has 2 aliphatic rings. The molecule has 3 heterocycles. The Hall–Kier alpha value is -3.36. The highest BCUT2D eigenvalue weighted by molar-refractivity contribution is 6.00. The number of nitrogens with zero attached hydrogens (tertiary/aromatic N) is 3.